The van der Waals surface area contributed by atoms with Gasteiger partial charge in [-0.3, -0.25) is 47.9 Å². The van der Waals surface area contributed by atoms with Crippen LogP contribution in [0.2, 0.25) is 10.0 Å². The minimum atomic E-state index is -0.632. The lowest BCUT2D eigenvalue weighted by Gasteiger charge is -2.41. The molecule has 19 rings (SSSR count). The quantitative estimate of drug-likeness (QED) is 0.0110. The van der Waals surface area contributed by atoms with Crippen LogP contribution in [0, 0.1) is 25.7 Å². The molecule has 149 heavy (non-hydrogen) atoms. The standard InChI is InChI=1S/C31H34ClN3O4.C30H33ClN4O4.C29H30BrN5O2.C23H22BrN5O4.H3N/c1-5-26-29(31(38)33-11-10-24-21(17-33)8-7-9-27(24)39-4)25-14-22(32)12-19(3)30(25)35(26)18-23(36)13-20-15-34(16-20)28(37)6-2;1-5-24-28(30(38)33-11-10-22-19(14-33)8-7-9-25(22)39-4)23-13-20(31)12-18(3)29(23)35(24)17-26(36)32-21-15-34(16-21)27(37)6-2;1-4-19(2)34-15-21(16-34)31-29(37)18-35-17-23(22-14-20(30)12-13-25(22)35)27(36)10-7-11-28-32-24-8-5-6-9-26(24)33(28)3;1-2-21(31)29-10-14(11-29)8-16(30)12-28-13-18(17-9-15(24)5-6-20(17)28)23(32)33-27-22-19(25)4-3-7-26-22;/h6-9,12,14,20H,2,5,10-11,13,15-18H2,1,3-4H3;6-9,12-13,21H,2,5,10-11,14-17H2,1,3-4H3,(H,32,36);4-6,8-9,12-14,17,21H,1-2,7,10-11,15-16,18H2,3H3,(H,31,37);2-7,9,13-14H,1,8,10-12,25H2,(H,26,27);1H3. The number of rotatable bonds is 33. The van der Waals surface area contributed by atoms with Gasteiger partial charge in [-0.15, -0.1) is 0 Å². The maximum Gasteiger partial charge on any atom is 0.365 e. The van der Waals surface area contributed by atoms with Gasteiger partial charge in [0.2, 0.25) is 29.5 Å². The van der Waals surface area contributed by atoms with Crippen molar-refractivity contribution in [1.29, 1.82) is 0 Å². The molecule has 6 aliphatic heterocycles. The molecule has 0 bridgehead atoms. The minimum absolute atomic E-state index is 0. The number of hydrogen-bond acceptors (Lipinski definition) is 20. The minimum Gasteiger partial charge on any atom is -0.496 e. The Morgan fingerprint density at radius 1 is 0.530 bits per heavy atom. The molecule has 0 atom stereocenters. The summed E-state index contributed by atoms with van der Waals surface area (Å²) in [6, 6.07) is 42.0. The number of methoxy groups -OCH3 is 2. The number of pyridine rings is 1. The predicted octanol–water partition coefficient (Wildman–Crippen LogP) is 17.2. The van der Waals surface area contributed by atoms with Gasteiger partial charge in [0.25, 0.3) is 11.8 Å². The van der Waals surface area contributed by atoms with Gasteiger partial charge < -0.3 is 89.1 Å². The first kappa shape index (κ1) is 108. The monoisotopic (exact) mass is 2180 g/mol. The highest BCUT2D eigenvalue weighted by Gasteiger charge is 2.39. The topological polar surface area (TPSA) is 382 Å². The Labute approximate surface area is 890 Å². The number of carbonyl (C=O) groups is 11. The van der Waals surface area contributed by atoms with Crippen LogP contribution in [0.15, 0.2) is 224 Å². The molecular weight excluding hydrogens is 2060 g/mol. The fraction of sp³-hybridized carbons (Fsp3) is 0.319. The highest BCUT2D eigenvalue weighted by atomic mass is 79.9. The van der Waals surface area contributed by atoms with Crippen LogP contribution in [0.5, 0.6) is 11.5 Å². The summed E-state index contributed by atoms with van der Waals surface area (Å²) in [5.41, 5.74) is 25.0. The van der Waals surface area contributed by atoms with Crippen LogP contribution in [0.4, 0.5) is 11.5 Å². The third kappa shape index (κ3) is 23.9. The summed E-state index contributed by atoms with van der Waals surface area (Å²) in [4.78, 5) is 166. The Bertz CT molecular complexity index is 7270. The van der Waals surface area contributed by atoms with Gasteiger partial charge in [-0.05, 0) is 190 Å². The molecule has 8 N–H and O–H groups in total. The van der Waals surface area contributed by atoms with Crippen molar-refractivity contribution in [2.45, 2.75) is 137 Å². The fourth-order valence-corrected chi connectivity index (χ4v) is 22.1. The normalized spacial score (nSPS) is 14.3. The summed E-state index contributed by atoms with van der Waals surface area (Å²) in [5, 5.41) is 10.3. The van der Waals surface area contributed by atoms with Crippen LogP contribution in [0.1, 0.15) is 132 Å². The molecule has 0 radical (unpaired) electrons. The summed E-state index contributed by atoms with van der Waals surface area (Å²) >= 11 is 19.9. The summed E-state index contributed by atoms with van der Waals surface area (Å²) in [5.74, 6) is 2.03. The lowest BCUT2D eigenvalue weighted by molar-refractivity contribution is -0.134. The number of hydrogen-bond donors (Lipinski definition) is 5. The number of ketones is 3. The van der Waals surface area contributed by atoms with Crippen molar-refractivity contribution in [2.75, 3.05) is 90.9 Å². The molecule has 4 fully saturated rings. The second-order valence-electron chi connectivity index (χ2n) is 38.0. The van der Waals surface area contributed by atoms with E-state index in [-0.39, 0.29) is 121 Å². The van der Waals surface area contributed by atoms with E-state index in [0.717, 1.165) is 152 Å². The number of benzene rings is 7. The number of likely N-dealkylation sites (tertiary alicyclic amines) is 4. The van der Waals surface area contributed by atoms with Gasteiger partial charge in [-0.2, -0.15) is 5.48 Å². The predicted molar refractivity (Wildman–Crippen MR) is 586 cm³/mol. The van der Waals surface area contributed by atoms with Crippen LogP contribution < -0.4 is 37.5 Å². The molecule has 12 heterocycles. The number of halogens is 4. The number of allylic oxidation sites excluding steroid dienone is 1. The van der Waals surface area contributed by atoms with E-state index in [0.29, 0.717) is 154 Å². The Balaban J connectivity index is 0.000000149. The first-order chi connectivity index (χ1) is 71.2. The second kappa shape index (κ2) is 47.6. The molecule has 7 aromatic carbocycles. The first-order valence-electron chi connectivity index (χ1n) is 49.3. The number of carbonyl (C=O) groups excluding carboxylic acids is 11. The Hall–Kier alpha value is -14.7. The number of anilines is 2. The maximum atomic E-state index is 14.1. The second-order valence-corrected chi connectivity index (χ2v) is 40.8. The third-order valence-corrected chi connectivity index (χ3v) is 29.6. The van der Waals surface area contributed by atoms with Crippen molar-refractivity contribution in [1.82, 2.24) is 79.0 Å². The van der Waals surface area contributed by atoms with Gasteiger partial charge in [0.05, 0.1) is 83.8 Å². The molecule has 7 amide bonds. The zero-order valence-corrected chi connectivity index (χ0v) is 89.3. The Morgan fingerprint density at radius 3 is 1.50 bits per heavy atom. The lowest BCUT2D eigenvalue weighted by Crippen LogP contribution is -2.61. The molecule has 6 aliphatic rings. The molecule has 4 saturated heterocycles. The van der Waals surface area contributed by atoms with Crippen molar-refractivity contribution >= 4 is 186 Å². The largest absolute Gasteiger partial charge is 0.496 e. The highest BCUT2D eigenvalue weighted by molar-refractivity contribution is 9.10. The number of aryl methyl sites for hydroxylation is 4. The number of nitrogens with one attached hydrogen (secondary N) is 3. The van der Waals surface area contributed by atoms with Crippen LogP contribution in [-0.2, 0) is 117 Å². The van der Waals surface area contributed by atoms with Gasteiger partial charge in [0.15, 0.2) is 23.2 Å². The molecule has 36 heteroatoms. The van der Waals surface area contributed by atoms with E-state index < -0.39 is 5.97 Å². The summed E-state index contributed by atoms with van der Waals surface area (Å²) < 4.78 is 22.4. The number of nitrogens with zero attached hydrogens (tertiary/aromatic N) is 13. The maximum absolute atomic E-state index is 14.1. The number of amides is 7. The molecule has 776 valence electrons. The average molecular weight is 2190 g/mol. The Kier molecular flexibility index (Phi) is 34.7. The van der Waals surface area contributed by atoms with Crippen molar-refractivity contribution in [3.05, 3.63) is 307 Å². The summed E-state index contributed by atoms with van der Waals surface area (Å²) in [6.45, 7) is 33.4. The van der Waals surface area contributed by atoms with Crippen molar-refractivity contribution in [3.63, 3.8) is 0 Å². The SMILES string of the molecule is C=CC(=C)N1CC(NC(=O)Cn2cc(C(=O)CCCc3nc4ccccc4n3C)c3cc(Br)ccc32)C1.C=CC(=O)N1CC(CC(=O)Cn2c(CC)c(C(=O)N3CCc4c(cccc4OC)C3)c3cc(Cl)cc(C)c32)C1.C=CC(=O)N1CC(CC(=O)Cn2cc(C(=O)ONc3ncccc3N)c3cc(Br)ccc32)C1.C=CC(=O)N1CC(NC(=O)Cn2c(CC)c(C(=O)N3CCc4c(cccc4OC)C3)c3cc(Cl)cc(C)c32)C1.N. The number of fused-ring (bicyclic) bond motifs is 7. The highest BCUT2D eigenvalue weighted by Crippen LogP contribution is 2.41. The number of Topliss-reactive ketones (excluding diaryl/α,β-unsaturated/α-hetero) is 3. The zero-order chi connectivity index (χ0) is 105. The van der Waals surface area contributed by atoms with Crippen molar-refractivity contribution in [2.24, 2.45) is 18.9 Å². The number of nitrogens with two attached hydrogens (primary N) is 1. The molecule has 6 aromatic heterocycles. The van der Waals surface area contributed by atoms with E-state index in [2.05, 4.69) is 101 Å². The smallest absolute Gasteiger partial charge is 0.365 e. The zero-order valence-electron chi connectivity index (χ0n) is 84.6. The van der Waals surface area contributed by atoms with E-state index >= 15 is 0 Å². The molecule has 0 saturated carbocycles. The fourth-order valence-electron chi connectivity index (χ4n) is 20.8. The van der Waals surface area contributed by atoms with Gasteiger partial charge >= 0.3 is 5.97 Å². The van der Waals surface area contributed by atoms with E-state index in [9.17, 15) is 52.7 Å². The molecule has 13 aromatic rings. The van der Waals surface area contributed by atoms with Crippen LogP contribution in [0.25, 0.3) is 54.6 Å². The van der Waals surface area contributed by atoms with Gasteiger partial charge in [-0.1, -0.05) is 138 Å². The number of para-hydroxylation sites is 2. The van der Waals surface area contributed by atoms with E-state index in [1.807, 2.05) is 174 Å². The van der Waals surface area contributed by atoms with Gasteiger partial charge in [0, 0.05) is 227 Å². The van der Waals surface area contributed by atoms with Crippen LogP contribution in [-0.4, -0.2) is 219 Å². The Morgan fingerprint density at radius 2 is 1.01 bits per heavy atom. The van der Waals surface area contributed by atoms with E-state index in [4.69, 9.17) is 48.2 Å². The molecule has 32 nitrogen and oxygen atoms in total. The average Bonchev–Trinajstić information content (AvgIpc) is 1.59. The molecule has 0 spiro atoms. The third-order valence-electron chi connectivity index (χ3n) is 28.2. The molecular formula is C113H122Br2Cl2N18O14. The number of imidazole rings is 1. The van der Waals surface area contributed by atoms with Gasteiger partial charge in [-0.25, -0.2) is 14.8 Å². The van der Waals surface area contributed by atoms with Crippen molar-refractivity contribution < 1.29 is 67.1 Å². The summed E-state index contributed by atoms with van der Waals surface area (Å²) in [6.07, 6.45) is 15.7. The molecule has 0 unspecified atom stereocenters. The van der Waals surface area contributed by atoms with Gasteiger partial charge in [0.1, 0.15) is 30.4 Å². The number of ether oxygens (including phenoxy) is 2. The van der Waals surface area contributed by atoms with E-state index in [1.165, 1.54) is 24.4 Å². The molecule has 0 aliphatic carbocycles. The summed E-state index contributed by atoms with van der Waals surface area (Å²) in [7, 11) is 5.35. The first-order valence-corrected chi connectivity index (χ1v) is 51.6. The van der Waals surface area contributed by atoms with E-state index in [1.54, 1.807) is 64.0 Å². The number of aromatic nitrogens is 7. The lowest BCUT2D eigenvalue weighted by atomic mass is 9.94. The van der Waals surface area contributed by atoms with Crippen molar-refractivity contribution in [3.8, 4) is 11.5 Å². The van der Waals surface area contributed by atoms with Crippen LogP contribution >= 0.6 is 55.1 Å². The van der Waals surface area contributed by atoms with Crippen LogP contribution in [0.3, 0.4) is 0 Å². The number of nitrogen functional groups attached to an aromatic ring is 1.